The van der Waals surface area contributed by atoms with Gasteiger partial charge in [0.25, 0.3) is 0 Å². The van der Waals surface area contributed by atoms with Crippen molar-refractivity contribution in [1.82, 2.24) is 10.6 Å². The number of furan rings is 1. The molecule has 1 aromatic heterocycles. The summed E-state index contributed by atoms with van der Waals surface area (Å²) in [7, 11) is 0. The van der Waals surface area contributed by atoms with E-state index in [0.29, 0.717) is 12.0 Å². The Hall–Kier alpha value is -2.07. The lowest BCUT2D eigenvalue weighted by Crippen LogP contribution is -2.45. The normalized spacial score (nSPS) is 22.0. The molecule has 128 valence electrons. The van der Waals surface area contributed by atoms with Crippen molar-refractivity contribution in [1.29, 1.82) is 0 Å². The van der Waals surface area contributed by atoms with Crippen molar-refractivity contribution in [2.75, 3.05) is 6.54 Å². The molecule has 1 heterocycles. The Kier molecular flexibility index (Phi) is 5.70. The van der Waals surface area contributed by atoms with Gasteiger partial charge in [-0.1, -0.05) is 50.1 Å². The molecule has 0 spiro atoms. The second-order valence-corrected chi connectivity index (χ2v) is 6.68. The van der Waals surface area contributed by atoms with Gasteiger partial charge in [-0.25, -0.2) is 0 Å². The van der Waals surface area contributed by atoms with E-state index < -0.39 is 0 Å². The van der Waals surface area contributed by atoms with Gasteiger partial charge in [-0.3, -0.25) is 10.1 Å². The lowest BCUT2D eigenvalue weighted by atomic mass is 9.86. The van der Waals surface area contributed by atoms with E-state index in [-0.39, 0.29) is 18.5 Å². The van der Waals surface area contributed by atoms with E-state index in [1.807, 2.05) is 42.5 Å². The second kappa shape index (κ2) is 8.15. The Balaban J connectivity index is 1.60. The Morgan fingerprint density at radius 1 is 1.17 bits per heavy atom. The molecule has 2 aromatic rings. The van der Waals surface area contributed by atoms with E-state index in [1.165, 1.54) is 19.3 Å². The Morgan fingerprint density at radius 3 is 2.67 bits per heavy atom. The Labute approximate surface area is 143 Å². The molecule has 0 radical (unpaired) electrons. The number of carbonyl (C=O) groups excluding carboxylic acids is 1. The maximum absolute atomic E-state index is 12.4. The van der Waals surface area contributed by atoms with Crippen LogP contribution in [0.25, 0.3) is 0 Å². The average molecular weight is 326 g/mol. The molecular weight excluding hydrogens is 300 g/mol. The van der Waals surface area contributed by atoms with E-state index >= 15 is 0 Å². The summed E-state index contributed by atoms with van der Waals surface area (Å²) in [5, 5.41) is 6.53. The molecule has 1 saturated carbocycles. The number of nitrogens with one attached hydrogen (secondary N) is 2. The van der Waals surface area contributed by atoms with Gasteiger partial charge in [0.1, 0.15) is 5.76 Å². The molecule has 3 rings (SSSR count). The molecule has 4 nitrogen and oxygen atoms in total. The van der Waals surface area contributed by atoms with Crippen LogP contribution in [0.3, 0.4) is 0 Å². The molecule has 2 N–H and O–H groups in total. The SMILES string of the molecule is C[C@H]1CCCC[C@@H]1NC(=O)CN[C@@H](c1ccccc1)c1ccco1. The lowest BCUT2D eigenvalue weighted by molar-refractivity contribution is -0.121. The Bertz CT molecular complexity index is 624. The van der Waals surface area contributed by atoms with Gasteiger partial charge in [0.05, 0.1) is 18.8 Å². The predicted molar refractivity (Wildman–Crippen MR) is 94.6 cm³/mol. The summed E-state index contributed by atoms with van der Waals surface area (Å²) < 4.78 is 5.56. The maximum Gasteiger partial charge on any atom is 0.234 e. The molecule has 1 aromatic carbocycles. The van der Waals surface area contributed by atoms with Crippen molar-refractivity contribution in [3.8, 4) is 0 Å². The molecule has 0 aliphatic heterocycles. The van der Waals surface area contributed by atoms with Gasteiger partial charge in [-0.15, -0.1) is 0 Å². The van der Waals surface area contributed by atoms with Gasteiger partial charge in [-0.2, -0.15) is 0 Å². The molecular formula is C20H26N2O2. The summed E-state index contributed by atoms with van der Waals surface area (Å²) in [4.78, 5) is 12.4. The first kappa shape index (κ1) is 16.8. The van der Waals surface area contributed by atoms with Crippen LogP contribution >= 0.6 is 0 Å². The standard InChI is InChI=1S/C20H26N2O2/c1-15-8-5-6-11-17(15)22-19(23)14-21-20(18-12-7-13-24-18)16-9-3-2-4-10-16/h2-4,7,9-10,12-13,15,17,20-21H,5-6,8,11,14H2,1H3,(H,22,23)/t15-,17-,20-/m0/s1. The topological polar surface area (TPSA) is 54.3 Å². The highest BCUT2D eigenvalue weighted by Gasteiger charge is 2.23. The average Bonchev–Trinajstić information content (AvgIpc) is 3.12. The summed E-state index contributed by atoms with van der Waals surface area (Å²) in [6.07, 6.45) is 6.45. The maximum atomic E-state index is 12.4. The van der Waals surface area contributed by atoms with Gasteiger partial charge in [-0.05, 0) is 36.5 Å². The molecule has 24 heavy (non-hydrogen) atoms. The van der Waals surface area contributed by atoms with Crippen molar-refractivity contribution in [3.63, 3.8) is 0 Å². The summed E-state index contributed by atoms with van der Waals surface area (Å²) >= 11 is 0. The van der Waals surface area contributed by atoms with Crippen molar-refractivity contribution >= 4 is 5.91 Å². The van der Waals surface area contributed by atoms with Crippen LogP contribution in [0.2, 0.25) is 0 Å². The molecule has 3 atom stereocenters. The minimum absolute atomic E-state index is 0.0567. The molecule has 1 aliphatic carbocycles. The molecule has 0 bridgehead atoms. The minimum Gasteiger partial charge on any atom is -0.467 e. The van der Waals surface area contributed by atoms with Gasteiger partial charge < -0.3 is 9.73 Å². The van der Waals surface area contributed by atoms with Crippen molar-refractivity contribution in [3.05, 3.63) is 60.1 Å². The van der Waals surface area contributed by atoms with Crippen LogP contribution in [-0.2, 0) is 4.79 Å². The van der Waals surface area contributed by atoms with E-state index in [9.17, 15) is 4.79 Å². The van der Waals surface area contributed by atoms with Crippen molar-refractivity contribution in [2.24, 2.45) is 5.92 Å². The van der Waals surface area contributed by atoms with Gasteiger partial charge in [0.2, 0.25) is 5.91 Å². The van der Waals surface area contributed by atoms with E-state index in [1.54, 1.807) is 6.26 Å². The van der Waals surface area contributed by atoms with E-state index in [4.69, 9.17) is 4.42 Å². The van der Waals surface area contributed by atoms with Crippen LogP contribution in [-0.4, -0.2) is 18.5 Å². The third-order valence-electron chi connectivity index (χ3n) is 4.89. The van der Waals surface area contributed by atoms with Crippen LogP contribution in [0.4, 0.5) is 0 Å². The zero-order chi connectivity index (χ0) is 16.8. The molecule has 0 saturated heterocycles. The second-order valence-electron chi connectivity index (χ2n) is 6.68. The number of benzene rings is 1. The quantitative estimate of drug-likeness (QED) is 0.852. The van der Waals surface area contributed by atoms with Gasteiger partial charge in [0.15, 0.2) is 0 Å². The highest BCUT2D eigenvalue weighted by atomic mass is 16.3. The van der Waals surface area contributed by atoms with Crippen LogP contribution < -0.4 is 10.6 Å². The van der Waals surface area contributed by atoms with Crippen molar-refractivity contribution in [2.45, 2.75) is 44.7 Å². The number of hydrogen-bond donors (Lipinski definition) is 2. The molecule has 4 heteroatoms. The van der Waals surface area contributed by atoms with E-state index in [0.717, 1.165) is 17.7 Å². The summed E-state index contributed by atoms with van der Waals surface area (Å²) in [5.41, 5.74) is 1.09. The minimum atomic E-state index is -0.115. The lowest BCUT2D eigenvalue weighted by Gasteiger charge is -2.29. The van der Waals surface area contributed by atoms with Gasteiger partial charge >= 0.3 is 0 Å². The third-order valence-corrected chi connectivity index (χ3v) is 4.89. The number of carbonyl (C=O) groups is 1. The van der Waals surface area contributed by atoms with E-state index in [2.05, 4.69) is 17.6 Å². The zero-order valence-electron chi connectivity index (χ0n) is 14.2. The van der Waals surface area contributed by atoms with Crippen LogP contribution in [0.15, 0.2) is 53.1 Å². The number of hydrogen-bond acceptors (Lipinski definition) is 3. The molecule has 0 unspecified atom stereocenters. The summed E-state index contributed by atoms with van der Waals surface area (Å²) in [6, 6.07) is 14.1. The largest absolute Gasteiger partial charge is 0.467 e. The summed E-state index contributed by atoms with van der Waals surface area (Å²) in [6.45, 7) is 2.51. The molecule has 1 fully saturated rings. The number of rotatable bonds is 6. The fraction of sp³-hybridized carbons (Fsp3) is 0.450. The summed E-state index contributed by atoms with van der Waals surface area (Å²) in [5.74, 6) is 1.44. The fourth-order valence-electron chi connectivity index (χ4n) is 3.47. The highest BCUT2D eigenvalue weighted by Crippen LogP contribution is 2.24. The molecule has 1 aliphatic rings. The Morgan fingerprint density at radius 2 is 1.96 bits per heavy atom. The first-order valence-electron chi connectivity index (χ1n) is 8.85. The van der Waals surface area contributed by atoms with Crippen molar-refractivity contribution < 1.29 is 9.21 Å². The number of amides is 1. The highest BCUT2D eigenvalue weighted by molar-refractivity contribution is 5.78. The monoisotopic (exact) mass is 326 g/mol. The van der Waals surface area contributed by atoms with Crippen LogP contribution in [0, 0.1) is 5.92 Å². The van der Waals surface area contributed by atoms with Crippen LogP contribution in [0.1, 0.15) is 50.0 Å². The predicted octanol–water partition coefficient (Wildman–Crippen LogP) is 3.65. The van der Waals surface area contributed by atoms with Crippen LogP contribution in [0.5, 0.6) is 0 Å². The third kappa shape index (κ3) is 4.26. The fourth-order valence-corrected chi connectivity index (χ4v) is 3.47. The van der Waals surface area contributed by atoms with Gasteiger partial charge in [0, 0.05) is 6.04 Å². The zero-order valence-corrected chi connectivity index (χ0v) is 14.2. The first-order chi connectivity index (χ1) is 11.7. The smallest absolute Gasteiger partial charge is 0.234 e. The first-order valence-corrected chi connectivity index (χ1v) is 8.85. The molecule has 1 amide bonds.